The fraction of sp³-hybridized carbons (Fsp3) is 0.750. The van der Waals surface area contributed by atoms with Gasteiger partial charge in [-0.05, 0) is 6.42 Å². The summed E-state index contributed by atoms with van der Waals surface area (Å²) in [6.45, 7) is 2.64. The normalized spacial score (nSPS) is 11.5. The first-order valence-electron chi connectivity index (χ1n) is 4.19. The van der Waals surface area contributed by atoms with Crippen LogP contribution < -0.4 is 5.73 Å². The van der Waals surface area contributed by atoms with Gasteiger partial charge in [0.2, 0.25) is 10.0 Å². The first-order valence-corrected chi connectivity index (χ1v) is 5.80. The Hall–Kier alpha value is -0.570. The average Bonchev–Trinajstić information content (AvgIpc) is 2.04. The Kier molecular flexibility index (Phi) is 5.71. The Labute approximate surface area is 80.2 Å². The van der Waals surface area contributed by atoms with Crippen LogP contribution in [0.5, 0.6) is 0 Å². The summed E-state index contributed by atoms with van der Waals surface area (Å²) in [7, 11) is -3.23. The van der Waals surface area contributed by atoms with Crippen LogP contribution in [0.15, 0.2) is 0 Å². The van der Waals surface area contributed by atoms with Crippen LogP contribution in [0, 0.1) is 12.3 Å². The van der Waals surface area contributed by atoms with Gasteiger partial charge in [0.25, 0.3) is 0 Å². The summed E-state index contributed by atoms with van der Waals surface area (Å²) in [4.78, 5) is 0. The topological polar surface area (TPSA) is 63.4 Å². The second kappa shape index (κ2) is 5.97. The van der Waals surface area contributed by atoms with E-state index in [1.165, 1.54) is 4.31 Å². The van der Waals surface area contributed by atoms with Crippen LogP contribution in [-0.4, -0.2) is 38.1 Å². The number of rotatable bonds is 6. The zero-order valence-corrected chi connectivity index (χ0v) is 8.68. The van der Waals surface area contributed by atoms with E-state index in [2.05, 4.69) is 5.92 Å². The SMILES string of the molecule is C#CCN(CCC)S(=O)(=O)CCN. The smallest absolute Gasteiger partial charge is 0.216 e. The Morgan fingerprint density at radius 3 is 2.54 bits per heavy atom. The highest BCUT2D eigenvalue weighted by Gasteiger charge is 2.18. The molecular weight excluding hydrogens is 188 g/mol. The molecule has 0 aromatic heterocycles. The van der Waals surface area contributed by atoms with Crippen LogP contribution in [0.25, 0.3) is 0 Å². The molecule has 5 heteroatoms. The van der Waals surface area contributed by atoms with Crippen molar-refractivity contribution < 1.29 is 8.42 Å². The molecule has 0 heterocycles. The molecular formula is C8H16N2O2S. The number of hydrogen-bond donors (Lipinski definition) is 1. The predicted octanol–water partition coefficient (Wildman–Crippen LogP) is -0.380. The molecule has 13 heavy (non-hydrogen) atoms. The maximum Gasteiger partial charge on any atom is 0.216 e. The van der Waals surface area contributed by atoms with Crippen molar-refractivity contribution >= 4 is 10.0 Å². The van der Waals surface area contributed by atoms with Gasteiger partial charge in [-0.1, -0.05) is 12.8 Å². The van der Waals surface area contributed by atoms with Crippen molar-refractivity contribution in [3.8, 4) is 12.3 Å². The third-order valence-electron chi connectivity index (χ3n) is 1.51. The molecule has 76 valence electrons. The maximum absolute atomic E-state index is 11.5. The van der Waals surface area contributed by atoms with Crippen molar-refractivity contribution in [1.29, 1.82) is 0 Å². The highest BCUT2D eigenvalue weighted by atomic mass is 32.2. The minimum atomic E-state index is -3.23. The summed E-state index contributed by atoms with van der Waals surface area (Å²) in [6, 6.07) is 0. The van der Waals surface area contributed by atoms with Crippen molar-refractivity contribution in [2.24, 2.45) is 5.73 Å². The molecule has 0 aromatic rings. The monoisotopic (exact) mass is 204 g/mol. The lowest BCUT2D eigenvalue weighted by Gasteiger charge is -2.18. The van der Waals surface area contributed by atoms with Crippen molar-refractivity contribution in [3.63, 3.8) is 0 Å². The van der Waals surface area contributed by atoms with Crippen LogP contribution in [0.2, 0.25) is 0 Å². The molecule has 0 spiro atoms. The van der Waals surface area contributed by atoms with E-state index in [1.807, 2.05) is 6.92 Å². The minimum absolute atomic E-state index is 0.0331. The van der Waals surface area contributed by atoms with Crippen LogP contribution in [-0.2, 0) is 10.0 Å². The second-order valence-corrected chi connectivity index (χ2v) is 4.73. The fourth-order valence-electron chi connectivity index (χ4n) is 0.946. The van der Waals surface area contributed by atoms with Gasteiger partial charge in [-0.2, -0.15) is 4.31 Å². The molecule has 0 aromatic carbocycles. The molecule has 0 aliphatic heterocycles. The Balaban J connectivity index is 4.44. The molecule has 0 unspecified atom stereocenters. The molecule has 0 saturated heterocycles. The van der Waals surface area contributed by atoms with Crippen LogP contribution in [0.3, 0.4) is 0 Å². The molecule has 0 bridgehead atoms. The van der Waals surface area contributed by atoms with E-state index in [1.54, 1.807) is 0 Å². The number of sulfonamides is 1. The summed E-state index contributed by atoms with van der Waals surface area (Å²) in [5, 5.41) is 0. The maximum atomic E-state index is 11.5. The van der Waals surface area contributed by atoms with E-state index in [-0.39, 0.29) is 18.8 Å². The Morgan fingerprint density at radius 2 is 2.15 bits per heavy atom. The van der Waals surface area contributed by atoms with Crippen LogP contribution in [0.1, 0.15) is 13.3 Å². The third-order valence-corrected chi connectivity index (χ3v) is 3.36. The molecule has 0 amide bonds. The first kappa shape index (κ1) is 12.4. The molecule has 0 radical (unpaired) electrons. The zero-order valence-electron chi connectivity index (χ0n) is 7.86. The van der Waals surface area contributed by atoms with E-state index < -0.39 is 10.0 Å². The van der Waals surface area contributed by atoms with E-state index in [9.17, 15) is 8.42 Å². The lowest BCUT2D eigenvalue weighted by atomic mass is 10.5. The van der Waals surface area contributed by atoms with Gasteiger partial charge >= 0.3 is 0 Å². The summed E-state index contributed by atoms with van der Waals surface area (Å²) >= 11 is 0. The van der Waals surface area contributed by atoms with Gasteiger partial charge in [0.05, 0.1) is 12.3 Å². The molecule has 0 saturated carbocycles. The molecule has 0 aliphatic rings. The molecule has 0 rings (SSSR count). The number of nitrogens with zero attached hydrogens (tertiary/aromatic N) is 1. The van der Waals surface area contributed by atoms with E-state index in [0.717, 1.165) is 6.42 Å². The van der Waals surface area contributed by atoms with Crippen molar-refractivity contribution in [1.82, 2.24) is 4.31 Å². The van der Waals surface area contributed by atoms with Gasteiger partial charge in [0.15, 0.2) is 0 Å². The number of nitrogens with two attached hydrogens (primary N) is 1. The lowest BCUT2D eigenvalue weighted by Crippen LogP contribution is -2.36. The highest BCUT2D eigenvalue weighted by molar-refractivity contribution is 7.89. The average molecular weight is 204 g/mol. The first-order chi connectivity index (χ1) is 6.08. The standard InChI is InChI=1S/C8H16N2O2S/c1-3-6-10(7-4-2)13(11,12)8-5-9/h1H,4-9H2,2H3. The fourth-order valence-corrected chi connectivity index (χ4v) is 2.23. The lowest BCUT2D eigenvalue weighted by molar-refractivity contribution is 0.446. The van der Waals surface area contributed by atoms with Gasteiger partial charge in [0, 0.05) is 13.1 Å². The summed E-state index contributed by atoms with van der Waals surface area (Å²) in [5.41, 5.74) is 5.19. The van der Waals surface area contributed by atoms with Gasteiger partial charge in [-0.3, -0.25) is 0 Å². The van der Waals surface area contributed by atoms with Crippen LogP contribution >= 0.6 is 0 Å². The summed E-state index contributed by atoms with van der Waals surface area (Å²) in [6.07, 6.45) is 5.82. The minimum Gasteiger partial charge on any atom is -0.329 e. The van der Waals surface area contributed by atoms with Gasteiger partial charge in [0.1, 0.15) is 0 Å². The van der Waals surface area contributed by atoms with E-state index >= 15 is 0 Å². The predicted molar refractivity (Wildman–Crippen MR) is 53.5 cm³/mol. The number of hydrogen-bond acceptors (Lipinski definition) is 3. The molecule has 0 fully saturated rings. The second-order valence-electron chi connectivity index (χ2n) is 2.64. The van der Waals surface area contributed by atoms with Crippen molar-refractivity contribution in [3.05, 3.63) is 0 Å². The summed E-state index contributed by atoms with van der Waals surface area (Å²) < 4.78 is 24.2. The zero-order chi connectivity index (χ0) is 10.3. The van der Waals surface area contributed by atoms with Crippen molar-refractivity contribution in [2.45, 2.75) is 13.3 Å². The molecule has 0 aliphatic carbocycles. The van der Waals surface area contributed by atoms with E-state index in [0.29, 0.717) is 6.54 Å². The third kappa shape index (κ3) is 4.27. The largest absolute Gasteiger partial charge is 0.329 e. The highest BCUT2D eigenvalue weighted by Crippen LogP contribution is 2.01. The quantitative estimate of drug-likeness (QED) is 0.600. The molecule has 4 nitrogen and oxygen atoms in total. The summed E-state index contributed by atoms with van der Waals surface area (Å²) in [5.74, 6) is 2.29. The van der Waals surface area contributed by atoms with Gasteiger partial charge in [-0.15, -0.1) is 6.42 Å². The Morgan fingerprint density at radius 1 is 1.54 bits per heavy atom. The molecule has 0 atom stereocenters. The van der Waals surface area contributed by atoms with Gasteiger partial charge in [-0.25, -0.2) is 8.42 Å². The number of terminal acetylenes is 1. The van der Waals surface area contributed by atoms with Crippen molar-refractivity contribution in [2.75, 3.05) is 25.4 Å². The van der Waals surface area contributed by atoms with Gasteiger partial charge < -0.3 is 5.73 Å². The van der Waals surface area contributed by atoms with Crippen LogP contribution in [0.4, 0.5) is 0 Å². The van der Waals surface area contributed by atoms with E-state index in [4.69, 9.17) is 12.2 Å². The Bertz CT molecular complexity index is 266. The molecule has 2 N–H and O–H groups in total.